The summed E-state index contributed by atoms with van der Waals surface area (Å²) in [5, 5.41) is 0. The molecule has 0 bridgehead atoms. The molecule has 0 aliphatic rings. The van der Waals surface area contributed by atoms with E-state index in [1.54, 1.807) is 6.08 Å². The Balaban J connectivity index is 4.51. The number of phosphoric acid groups is 1. The number of rotatable bonds is 37. The third-order valence-electron chi connectivity index (χ3n) is 8.51. The molecule has 2 atom stereocenters. The van der Waals surface area contributed by atoms with Gasteiger partial charge in [0.05, 0.1) is 27.7 Å². The Morgan fingerprint density at radius 2 is 1.20 bits per heavy atom. The van der Waals surface area contributed by atoms with Crippen LogP contribution in [0.1, 0.15) is 149 Å². The van der Waals surface area contributed by atoms with Gasteiger partial charge in [-0.25, -0.2) is 4.57 Å². The minimum atomic E-state index is -4.41. The molecule has 1 N–H and O–H groups in total. The number of phosphoric ester groups is 1. The summed E-state index contributed by atoms with van der Waals surface area (Å²) < 4.78 is 34.1. The molecule has 55 heavy (non-hydrogen) atoms. The summed E-state index contributed by atoms with van der Waals surface area (Å²) in [5.74, 6) is -0.794. The van der Waals surface area contributed by atoms with Gasteiger partial charge in [-0.2, -0.15) is 0 Å². The van der Waals surface area contributed by atoms with Crippen molar-refractivity contribution in [3.05, 3.63) is 60.8 Å². The van der Waals surface area contributed by atoms with Crippen LogP contribution in [0.2, 0.25) is 0 Å². The maximum absolute atomic E-state index is 12.7. The lowest BCUT2D eigenvalue weighted by Gasteiger charge is -2.24. The van der Waals surface area contributed by atoms with E-state index in [1.807, 2.05) is 33.3 Å². The van der Waals surface area contributed by atoms with E-state index in [9.17, 15) is 23.8 Å². The molecule has 0 heterocycles. The number of nitrogens with zero attached hydrogens (tertiary/aromatic N) is 1. The van der Waals surface area contributed by atoms with Gasteiger partial charge in [-0.3, -0.25) is 23.4 Å². The lowest BCUT2D eigenvalue weighted by molar-refractivity contribution is -0.870. The SMILES string of the molecule is CC/C=C\C/C=C\C/C=C\CCCCCCCC(=O)O[C@H](COC(=O)CCCCCCCC(=O)/C=C/C=C\CCCCC)COP(=O)(O)OCC[N+](C)(C)C. The number of quaternary nitrogens is 1. The van der Waals surface area contributed by atoms with Crippen LogP contribution in [0, 0.1) is 0 Å². The lowest BCUT2D eigenvalue weighted by Crippen LogP contribution is -2.37. The zero-order valence-corrected chi connectivity index (χ0v) is 36.0. The van der Waals surface area contributed by atoms with E-state index in [0.717, 1.165) is 83.5 Å². The fourth-order valence-electron chi connectivity index (χ4n) is 5.18. The molecule has 0 aliphatic carbocycles. The number of allylic oxidation sites excluding steroid dienone is 10. The molecule has 0 rings (SSSR count). The van der Waals surface area contributed by atoms with Crippen LogP contribution in [-0.2, 0) is 37.5 Å². The highest BCUT2D eigenvalue weighted by Crippen LogP contribution is 2.43. The summed E-state index contributed by atoms with van der Waals surface area (Å²) in [4.78, 5) is 47.3. The Morgan fingerprint density at radius 3 is 1.85 bits per heavy atom. The van der Waals surface area contributed by atoms with E-state index in [4.69, 9.17) is 18.5 Å². The molecule has 0 aromatic rings. The third kappa shape index (κ3) is 39.4. The van der Waals surface area contributed by atoms with Crippen molar-refractivity contribution in [1.82, 2.24) is 0 Å². The number of carbonyl (C=O) groups excluding carboxylic acids is 3. The van der Waals surface area contributed by atoms with E-state index >= 15 is 0 Å². The summed E-state index contributed by atoms with van der Waals surface area (Å²) in [6.07, 6.45) is 38.0. The van der Waals surface area contributed by atoms with Gasteiger partial charge < -0.3 is 18.9 Å². The third-order valence-corrected chi connectivity index (χ3v) is 9.49. The molecule has 0 spiro atoms. The summed E-state index contributed by atoms with van der Waals surface area (Å²) in [6, 6.07) is 0. The molecule has 316 valence electrons. The van der Waals surface area contributed by atoms with Gasteiger partial charge in [0.1, 0.15) is 19.8 Å². The maximum atomic E-state index is 12.7. The van der Waals surface area contributed by atoms with Gasteiger partial charge >= 0.3 is 19.8 Å². The fourth-order valence-corrected chi connectivity index (χ4v) is 5.93. The van der Waals surface area contributed by atoms with Crippen molar-refractivity contribution in [2.75, 3.05) is 47.5 Å². The predicted octanol–water partition coefficient (Wildman–Crippen LogP) is 10.9. The average Bonchev–Trinajstić information content (AvgIpc) is 3.12. The highest BCUT2D eigenvalue weighted by Gasteiger charge is 2.27. The molecule has 10 nitrogen and oxygen atoms in total. The number of hydrogen-bond donors (Lipinski definition) is 1. The van der Waals surface area contributed by atoms with Gasteiger partial charge in [0.15, 0.2) is 11.9 Å². The van der Waals surface area contributed by atoms with E-state index in [0.29, 0.717) is 30.3 Å². The van der Waals surface area contributed by atoms with Crippen molar-refractivity contribution in [1.29, 1.82) is 0 Å². The van der Waals surface area contributed by atoms with Gasteiger partial charge in [0.25, 0.3) is 0 Å². The highest BCUT2D eigenvalue weighted by molar-refractivity contribution is 7.47. The number of ether oxygens (including phenoxy) is 2. The van der Waals surface area contributed by atoms with Crippen molar-refractivity contribution < 1.29 is 46.8 Å². The van der Waals surface area contributed by atoms with E-state index in [1.165, 1.54) is 19.3 Å². The van der Waals surface area contributed by atoms with Gasteiger partial charge in [0.2, 0.25) is 0 Å². The molecule has 0 amide bonds. The molecule has 0 aromatic heterocycles. The molecule has 0 aliphatic heterocycles. The van der Waals surface area contributed by atoms with Crippen LogP contribution in [0.4, 0.5) is 0 Å². The standard InChI is InChI=1S/C44H76NO9P/c1-6-8-10-12-14-15-16-17-18-19-20-21-23-27-32-36-44(48)54-42(40-53-55(49,50)52-38-37-45(3,4)5)39-51-43(47)35-31-28-24-26-30-34-41(46)33-29-25-22-13-11-9-7-2/h8,10,14-15,17-18,22,25,29,33,42H,6-7,9,11-13,16,19-21,23-24,26-28,30-32,34-40H2,1-5H3/p+1/b10-8-,15-14-,18-17-,25-22-,33-29+/t42-/m1/s1. The van der Waals surface area contributed by atoms with Crippen LogP contribution in [0.3, 0.4) is 0 Å². The lowest BCUT2D eigenvalue weighted by atomic mass is 10.1. The Hall–Kier alpha value is -2.62. The molecule has 0 saturated heterocycles. The maximum Gasteiger partial charge on any atom is 0.472 e. The van der Waals surface area contributed by atoms with Crippen LogP contribution < -0.4 is 0 Å². The first-order valence-electron chi connectivity index (χ1n) is 21.0. The van der Waals surface area contributed by atoms with Crippen LogP contribution in [0.25, 0.3) is 0 Å². The second-order valence-electron chi connectivity index (χ2n) is 15.0. The zero-order chi connectivity index (χ0) is 40.9. The number of ketones is 1. The van der Waals surface area contributed by atoms with Crippen molar-refractivity contribution in [3.63, 3.8) is 0 Å². The Bertz CT molecular complexity index is 1190. The summed E-state index contributed by atoms with van der Waals surface area (Å²) in [7, 11) is 1.39. The Labute approximate surface area is 334 Å². The number of hydrogen-bond acceptors (Lipinski definition) is 8. The summed E-state index contributed by atoms with van der Waals surface area (Å²) >= 11 is 0. The first-order chi connectivity index (χ1) is 26.4. The zero-order valence-electron chi connectivity index (χ0n) is 35.1. The van der Waals surface area contributed by atoms with Gasteiger partial charge in [-0.05, 0) is 70.3 Å². The molecular formula is C44H77NO9P+. The second-order valence-corrected chi connectivity index (χ2v) is 16.5. The first-order valence-corrected chi connectivity index (χ1v) is 22.5. The largest absolute Gasteiger partial charge is 0.472 e. The Kier molecular flexibility index (Phi) is 34.1. The van der Waals surface area contributed by atoms with Crippen molar-refractivity contribution >= 4 is 25.5 Å². The monoisotopic (exact) mass is 795 g/mol. The smallest absolute Gasteiger partial charge is 0.462 e. The topological polar surface area (TPSA) is 125 Å². The van der Waals surface area contributed by atoms with E-state index in [-0.39, 0.29) is 31.8 Å². The average molecular weight is 795 g/mol. The van der Waals surface area contributed by atoms with E-state index < -0.39 is 32.5 Å². The molecule has 0 radical (unpaired) electrons. The molecule has 0 aromatic carbocycles. The molecule has 0 saturated carbocycles. The summed E-state index contributed by atoms with van der Waals surface area (Å²) in [5.41, 5.74) is 0. The van der Waals surface area contributed by atoms with Crippen molar-refractivity contribution in [2.24, 2.45) is 0 Å². The Morgan fingerprint density at radius 1 is 0.636 bits per heavy atom. The van der Waals surface area contributed by atoms with Crippen LogP contribution in [-0.4, -0.2) is 80.7 Å². The van der Waals surface area contributed by atoms with E-state index in [2.05, 4.69) is 56.4 Å². The van der Waals surface area contributed by atoms with Crippen LogP contribution in [0.15, 0.2) is 60.8 Å². The van der Waals surface area contributed by atoms with Gasteiger partial charge in [0, 0.05) is 19.3 Å². The number of esters is 2. The molecule has 0 fully saturated rings. The number of unbranched alkanes of at least 4 members (excludes halogenated alkanes) is 12. The van der Waals surface area contributed by atoms with Crippen molar-refractivity contribution in [2.45, 2.75) is 155 Å². The minimum Gasteiger partial charge on any atom is -0.462 e. The van der Waals surface area contributed by atoms with Crippen molar-refractivity contribution in [3.8, 4) is 0 Å². The fraction of sp³-hybridized carbons (Fsp3) is 0.705. The molecule has 1 unspecified atom stereocenters. The number of carbonyl (C=O) groups is 3. The highest BCUT2D eigenvalue weighted by atomic mass is 31.2. The summed E-state index contributed by atoms with van der Waals surface area (Å²) in [6.45, 7) is 4.08. The first kappa shape index (κ1) is 52.4. The second kappa shape index (κ2) is 35.8. The van der Waals surface area contributed by atoms with Crippen LogP contribution >= 0.6 is 7.82 Å². The van der Waals surface area contributed by atoms with Gasteiger partial charge in [-0.15, -0.1) is 0 Å². The molecular weight excluding hydrogens is 717 g/mol. The quantitative estimate of drug-likeness (QED) is 0.0124. The molecule has 11 heteroatoms. The minimum absolute atomic E-state index is 0.00571. The number of likely N-dealkylation sites (N-methyl/N-ethyl adjacent to an activating group) is 1. The normalized spacial score (nSPS) is 14.1. The van der Waals surface area contributed by atoms with Crippen LogP contribution in [0.5, 0.6) is 0 Å². The van der Waals surface area contributed by atoms with Gasteiger partial charge in [-0.1, -0.05) is 120 Å². The predicted molar refractivity (Wildman–Crippen MR) is 224 cm³/mol.